The molecule has 10 heteroatoms. The van der Waals surface area contributed by atoms with Crippen LogP contribution in [-0.4, -0.2) is 46.2 Å². The molecule has 1 aromatic carbocycles. The van der Waals surface area contributed by atoms with Gasteiger partial charge >= 0.3 is 0 Å². The number of nitrogens with zero attached hydrogens (tertiary/aromatic N) is 4. The Kier molecular flexibility index (Phi) is 5.20. The molecule has 2 aliphatic rings. The Labute approximate surface area is 202 Å². The lowest BCUT2D eigenvalue weighted by Crippen LogP contribution is -2.26. The normalized spacial score (nSPS) is 21.0. The van der Waals surface area contributed by atoms with Crippen molar-refractivity contribution in [3.8, 4) is 11.1 Å². The Morgan fingerprint density at radius 3 is 2.76 bits per heavy atom. The number of hydrogen-bond donors (Lipinski definition) is 3. The van der Waals surface area contributed by atoms with Crippen molar-refractivity contribution in [2.45, 2.75) is 37.6 Å². The standard InChI is InChI=1S/C24H27ClFN7O/c1-12-10-33(31-21(12)28)13-6-7-24(8-13)11-30-22-18(24)19(25)15(9-29-22)14-4-5-16(27)17(20(14)26)23(34)32(2)3/h4-5,9-10,13H,6-8,11,27H2,1-3H3,(H2,28,31)(H,29,30)/t13-,24-/m0/s1. The van der Waals surface area contributed by atoms with Crippen LogP contribution in [0.1, 0.15) is 46.8 Å². The van der Waals surface area contributed by atoms with Gasteiger partial charge in [0.2, 0.25) is 0 Å². The number of benzene rings is 1. The third-order valence-corrected chi connectivity index (χ3v) is 7.53. The first kappa shape index (κ1) is 22.5. The number of nitrogens with two attached hydrogens (primary N) is 2. The van der Waals surface area contributed by atoms with Crippen molar-refractivity contribution in [1.29, 1.82) is 0 Å². The van der Waals surface area contributed by atoms with Gasteiger partial charge in [-0.05, 0) is 38.3 Å². The van der Waals surface area contributed by atoms with Crippen LogP contribution in [0.2, 0.25) is 5.02 Å². The van der Waals surface area contributed by atoms with E-state index in [1.165, 1.54) is 11.0 Å². The molecule has 1 spiro atoms. The molecular weight excluding hydrogens is 457 g/mol. The Bertz CT molecular complexity index is 1300. The van der Waals surface area contributed by atoms with E-state index in [9.17, 15) is 4.79 Å². The van der Waals surface area contributed by atoms with Crippen molar-refractivity contribution in [2.24, 2.45) is 0 Å². The monoisotopic (exact) mass is 483 g/mol. The van der Waals surface area contributed by atoms with Gasteiger partial charge in [-0.3, -0.25) is 9.48 Å². The molecule has 1 aliphatic heterocycles. The van der Waals surface area contributed by atoms with E-state index in [-0.39, 0.29) is 28.3 Å². The first-order valence-corrected chi connectivity index (χ1v) is 11.5. The number of nitrogen functional groups attached to an aromatic ring is 2. The van der Waals surface area contributed by atoms with Crippen molar-refractivity contribution < 1.29 is 9.18 Å². The van der Waals surface area contributed by atoms with E-state index in [4.69, 9.17) is 23.1 Å². The number of aromatic nitrogens is 3. The maximum atomic E-state index is 15.6. The van der Waals surface area contributed by atoms with E-state index in [0.717, 1.165) is 30.4 Å². The van der Waals surface area contributed by atoms with E-state index < -0.39 is 11.7 Å². The Morgan fingerprint density at radius 2 is 2.09 bits per heavy atom. The van der Waals surface area contributed by atoms with Crippen LogP contribution in [0.25, 0.3) is 11.1 Å². The molecule has 5 N–H and O–H groups in total. The molecule has 0 saturated heterocycles. The van der Waals surface area contributed by atoms with Crippen molar-refractivity contribution in [1.82, 2.24) is 19.7 Å². The largest absolute Gasteiger partial charge is 0.398 e. The number of rotatable bonds is 3. The number of carbonyl (C=O) groups is 1. The molecule has 2 aromatic heterocycles. The molecule has 34 heavy (non-hydrogen) atoms. The number of fused-ring (bicyclic) bond motifs is 2. The summed E-state index contributed by atoms with van der Waals surface area (Å²) in [5, 5.41) is 8.31. The zero-order valence-electron chi connectivity index (χ0n) is 19.3. The highest BCUT2D eigenvalue weighted by atomic mass is 35.5. The average molecular weight is 484 g/mol. The van der Waals surface area contributed by atoms with Crippen molar-refractivity contribution in [3.05, 3.63) is 52.1 Å². The minimum Gasteiger partial charge on any atom is -0.398 e. The zero-order chi connectivity index (χ0) is 24.4. The van der Waals surface area contributed by atoms with E-state index in [1.807, 2.05) is 17.8 Å². The predicted molar refractivity (Wildman–Crippen MR) is 132 cm³/mol. The van der Waals surface area contributed by atoms with Crippen LogP contribution in [0, 0.1) is 12.7 Å². The fraction of sp³-hybridized carbons (Fsp3) is 0.375. The van der Waals surface area contributed by atoms with E-state index in [2.05, 4.69) is 15.4 Å². The first-order valence-electron chi connectivity index (χ1n) is 11.2. The highest BCUT2D eigenvalue weighted by Gasteiger charge is 2.48. The highest BCUT2D eigenvalue weighted by molar-refractivity contribution is 6.34. The molecule has 3 aromatic rings. The van der Waals surface area contributed by atoms with Gasteiger partial charge in [0.1, 0.15) is 17.5 Å². The Morgan fingerprint density at radius 1 is 1.32 bits per heavy atom. The summed E-state index contributed by atoms with van der Waals surface area (Å²) in [6, 6.07) is 3.26. The van der Waals surface area contributed by atoms with Gasteiger partial charge in [0.05, 0.1) is 16.6 Å². The number of halogens is 2. The van der Waals surface area contributed by atoms with Gasteiger partial charge < -0.3 is 21.7 Å². The number of pyridine rings is 1. The molecule has 1 saturated carbocycles. The van der Waals surface area contributed by atoms with Gasteiger partial charge in [0, 0.05) is 66.4 Å². The average Bonchev–Trinajstić information content (AvgIpc) is 3.48. The lowest BCUT2D eigenvalue weighted by molar-refractivity contribution is 0.0824. The smallest absolute Gasteiger partial charge is 0.258 e. The van der Waals surface area contributed by atoms with E-state index in [1.54, 1.807) is 26.4 Å². The summed E-state index contributed by atoms with van der Waals surface area (Å²) in [6.07, 6.45) is 6.14. The molecule has 3 heterocycles. The quantitative estimate of drug-likeness (QED) is 0.485. The first-order chi connectivity index (χ1) is 16.1. The number of aryl methyl sites for hydroxylation is 1. The minimum atomic E-state index is -0.700. The molecule has 0 unspecified atom stereocenters. The lowest BCUT2D eigenvalue weighted by atomic mass is 9.80. The third kappa shape index (κ3) is 3.29. The summed E-state index contributed by atoms with van der Waals surface area (Å²) in [7, 11) is 3.11. The molecule has 0 bridgehead atoms. The summed E-state index contributed by atoms with van der Waals surface area (Å²) in [4.78, 5) is 18.4. The number of anilines is 3. The Hall–Kier alpha value is -3.33. The van der Waals surface area contributed by atoms with Gasteiger partial charge in [-0.15, -0.1) is 0 Å². The molecule has 178 valence electrons. The second kappa shape index (κ2) is 7.87. The summed E-state index contributed by atoms with van der Waals surface area (Å²) < 4.78 is 17.5. The fourth-order valence-corrected chi connectivity index (χ4v) is 5.71. The summed E-state index contributed by atoms with van der Waals surface area (Å²) in [5.41, 5.74) is 14.1. The van der Waals surface area contributed by atoms with Crippen molar-refractivity contribution in [3.63, 3.8) is 0 Å². The van der Waals surface area contributed by atoms with Crippen LogP contribution in [0.15, 0.2) is 24.5 Å². The van der Waals surface area contributed by atoms with Gasteiger partial charge in [-0.2, -0.15) is 5.10 Å². The van der Waals surface area contributed by atoms with Crippen molar-refractivity contribution >= 4 is 34.8 Å². The molecule has 8 nitrogen and oxygen atoms in total. The topological polar surface area (TPSA) is 115 Å². The van der Waals surface area contributed by atoms with Gasteiger partial charge in [-0.25, -0.2) is 9.37 Å². The van der Waals surface area contributed by atoms with E-state index in [0.29, 0.717) is 28.8 Å². The van der Waals surface area contributed by atoms with E-state index >= 15 is 4.39 Å². The number of hydrogen-bond acceptors (Lipinski definition) is 6. The molecule has 5 rings (SSSR count). The van der Waals surface area contributed by atoms with Crippen LogP contribution >= 0.6 is 11.6 Å². The molecule has 1 amide bonds. The molecular formula is C24H27ClFN7O. The predicted octanol–water partition coefficient (Wildman–Crippen LogP) is 4.00. The highest BCUT2D eigenvalue weighted by Crippen LogP contribution is 2.54. The maximum Gasteiger partial charge on any atom is 0.258 e. The van der Waals surface area contributed by atoms with Gasteiger partial charge in [-0.1, -0.05) is 11.6 Å². The number of carbonyl (C=O) groups excluding carboxylic acids is 1. The van der Waals surface area contributed by atoms with Crippen LogP contribution in [0.3, 0.4) is 0 Å². The SMILES string of the molecule is Cc1cn([C@H]2CC[C@@]3(CNc4ncc(-c5ccc(N)c(C(=O)N(C)C)c5F)c(Cl)c43)C2)nc1N. The third-order valence-electron chi connectivity index (χ3n) is 7.13. The lowest BCUT2D eigenvalue weighted by Gasteiger charge is -2.25. The van der Waals surface area contributed by atoms with Crippen LogP contribution < -0.4 is 16.8 Å². The summed E-state index contributed by atoms with van der Waals surface area (Å²) >= 11 is 6.97. The molecule has 0 radical (unpaired) electrons. The minimum absolute atomic E-state index is 0.0794. The summed E-state index contributed by atoms with van der Waals surface area (Å²) in [5.74, 6) is 0.0441. The number of nitrogens with one attached hydrogen (secondary N) is 1. The zero-order valence-corrected chi connectivity index (χ0v) is 20.1. The van der Waals surface area contributed by atoms with Crippen molar-refractivity contribution in [2.75, 3.05) is 37.4 Å². The molecule has 1 aliphatic carbocycles. The van der Waals surface area contributed by atoms with Crippen LogP contribution in [-0.2, 0) is 5.41 Å². The second-order valence-electron chi connectivity index (χ2n) is 9.51. The Balaban J connectivity index is 1.57. The molecule has 1 fully saturated rings. The maximum absolute atomic E-state index is 15.6. The summed E-state index contributed by atoms with van der Waals surface area (Å²) in [6.45, 7) is 2.64. The fourth-order valence-electron chi connectivity index (χ4n) is 5.27. The molecule has 2 atom stereocenters. The second-order valence-corrected chi connectivity index (χ2v) is 9.89. The van der Waals surface area contributed by atoms with Gasteiger partial charge in [0.15, 0.2) is 0 Å². The van der Waals surface area contributed by atoms with Gasteiger partial charge in [0.25, 0.3) is 5.91 Å². The van der Waals surface area contributed by atoms with Crippen LogP contribution in [0.4, 0.5) is 21.7 Å². The number of amides is 1. The van der Waals surface area contributed by atoms with Crippen LogP contribution in [0.5, 0.6) is 0 Å².